The summed E-state index contributed by atoms with van der Waals surface area (Å²) in [5, 5.41) is 2.15. The number of H-pyrrole nitrogens is 1. The molecule has 132 valence electrons. The molecule has 9 heteroatoms. The highest BCUT2D eigenvalue weighted by molar-refractivity contribution is 5.81. The van der Waals surface area contributed by atoms with E-state index in [4.69, 9.17) is 4.42 Å². The van der Waals surface area contributed by atoms with Gasteiger partial charge in [0.1, 0.15) is 17.5 Å². The van der Waals surface area contributed by atoms with E-state index in [1.807, 2.05) is 0 Å². The van der Waals surface area contributed by atoms with Crippen LogP contribution in [-0.2, 0) is 6.18 Å². The zero-order valence-corrected chi connectivity index (χ0v) is 13.3. The molecule has 6 nitrogen and oxygen atoms in total. The Hall–Kier alpha value is -3.36. The highest BCUT2D eigenvalue weighted by atomic mass is 19.4. The van der Waals surface area contributed by atoms with Crippen LogP contribution in [-0.4, -0.2) is 19.6 Å². The van der Waals surface area contributed by atoms with E-state index in [9.17, 15) is 18.0 Å². The number of hydrogen-bond donors (Lipinski definition) is 1. The first-order valence-electron chi connectivity index (χ1n) is 7.55. The maximum absolute atomic E-state index is 13.6. The fourth-order valence-electron chi connectivity index (χ4n) is 2.85. The van der Waals surface area contributed by atoms with Gasteiger partial charge in [0.2, 0.25) is 5.89 Å². The van der Waals surface area contributed by atoms with E-state index in [0.717, 1.165) is 4.52 Å². The average Bonchev–Trinajstić information content (AvgIpc) is 3.23. The van der Waals surface area contributed by atoms with Crippen LogP contribution in [0.3, 0.4) is 0 Å². The second kappa shape index (κ2) is 5.58. The molecule has 0 unspecified atom stereocenters. The van der Waals surface area contributed by atoms with Gasteiger partial charge in [-0.05, 0) is 12.5 Å². The molecule has 1 N–H and O–H groups in total. The Morgan fingerprint density at radius 2 is 1.88 bits per heavy atom. The van der Waals surface area contributed by atoms with Crippen LogP contribution < -0.4 is 5.56 Å². The number of nitrogens with zero attached hydrogens (tertiary/aromatic N) is 3. The molecule has 0 aliphatic heterocycles. The van der Waals surface area contributed by atoms with E-state index in [1.165, 1.54) is 31.5 Å². The molecule has 0 bridgehead atoms. The minimum atomic E-state index is -4.69. The summed E-state index contributed by atoms with van der Waals surface area (Å²) in [6.45, 7) is 1.52. The number of aryl methyl sites for hydroxylation is 1. The van der Waals surface area contributed by atoms with Crippen molar-refractivity contribution in [1.29, 1.82) is 0 Å². The molecule has 0 saturated heterocycles. The van der Waals surface area contributed by atoms with Gasteiger partial charge < -0.3 is 4.42 Å². The van der Waals surface area contributed by atoms with Crippen LogP contribution >= 0.6 is 0 Å². The Labute approximate surface area is 143 Å². The summed E-state index contributed by atoms with van der Waals surface area (Å²) in [7, 11) is 0. The number of nitrogens with one attached hydrogen (secondary N) is 1. The van der Waals surface area contributed by atoms with E-state index in [-0.39, 0.29) is 28.4 Å². The molecule has 0 saturated carbocycles. The molecule has 0 radical (unpaired) electrons. The summed E-state index contributed by atoms with van der Waals surface area (Å²) in [6.07, 6.45) is -2.08. The molecular weight excluding hydrogens is 349 g/mol. The molecule has 0 amide bonds. The van der Waals surface area contributed by atoms with Crippen LogP contribution in [0.25, 0.3) is 28.2 Å². The van der Waals surface area contributed by atoms with Crippen molar-refractivity contribution in [2.75, 3.05) is 0 Å². The lowest BCUT2D eigenvalue weighted by atomic mass is 10.1. The van der Waals surface area contributed by atoms with Crippen molar-refractivity contribution < 1.29 is 17.6 Å². The van der Waals surface area contributed by atoms with Crippen molar-refractivity contribution in [2.45, 2.75) is 13.1 Å². The fraction of sp³-hybridized carbons (Fsp3) is 0.118. The Morgan fingerprint density at radius 3 is 2.50 bits per heavy atom. The Balaban J connectivity index is 2.12. The van der Waals surface area contributed by atoms with Crippen LogP contribution in [0.15, 0.2) is 52.0 Å². The van der Waals surface area contributed by atoms with Crippen LogP contribution in [0.2, 0.25) is 0 Å². The maximum atomic E-state index is 13.6. The van der Waals surface area contributed by atoms with Gasteiger partial charge in [0.15, 0.2) is 5.65 Å². The van der Waals surface area contributed by atoms with Gasteiger partial charge in [0, 0.05) is 0 Å². The van der Waals surface area contributed by atoms with Gasteiger partial charge in [0.05, 0.1) is 17.5 Å². The van der Waals surface area contributed by atoms with E-state index >= 15 is 0 Å². The van der Waals surface area contributed by atoms with Gasteiger partial charge in [-0.25, -0.2) is 9.97 Å². The maximum Gasteiger partial charge on any atom is 0.433 e. The van der Waals surface area contributed by atoms with Gasteiger partial charge in [-0.15, -0.1) is 0 Å². The van der Waals surface area contributed by atoms with Gasteiger partial charge in [-0.1, -0.05) is 30.3 Å². The van der Waals surface area contributed by atoms with Crippen molar-refractivity contribution in [3.8, 4) is 22.6 Å². The monoisotopic (exact) mass is 360 g/mol. The first kappa shape index (κ1) is 16.1. The van der Waals surface area contributed by atoms with Crippen LogP contribution in [0, 0.1) is 6.92 Å². The Bertz CT molecular complexity index is 1140. The molecule has 0 atom stereocenters. The summed E-state index contributed by atoms with van der Waals surface area (Å²) < 4.78 is 46.6. The smallest absolute Gasteiger partial charge is 0.433 e. The standard InChI is InChI=1S/C17H11F3N4O2/c1-9-11(15-21-7-8-26-15)16(25)24-14(22-9)12(10-5-3-2-4-6-10)13(23-24)17(18,19)20/h2-8,23H,1H3. The quantitative estimate of drug-likeness (QED) is 0.592. The molecule has 1 aromatic carbocycles. The summed E-state index contributed by atoms with van der Waals surface area (Å²) in [4.78, 5) is 20.9. The van der Waals surface area contributed by atoms with E-state index in [0.29, 0.717) is 5.56 Å². The van der Waals surface area contributed by atoms with Gasteiger partial charge >= 0.3 is 6.18 Å². The zero-order valence-electron chi connectivity index (χ0n) is 13.3. The Kier molecular flexibility index (Phi) is 3.46. The van der Waals surface area contributed by atoms with Gasteiger partial charge in [0.25, 0.3) is 5.56 Å². The van der Waals surface area contributed by atoms with Crippen LogP contribution in [0.4, 0.5) is 13.2 Å². The molecule has 4 rings (SSSR count). The number of alkyl halides is 3. The second-order valence-corrected chi connectivity index (χ2v) is 5.60. The molecule has 0 aliphatic carbocycles. The predicted molar refractivity (Wildman–Crippen MR) is 86.5 cm³/mol. The number of halogens is 3. The summed E-state index contributed by atoms with van der Waals surface area (Å²) in [5.41, 5.74) is -1.53. The molecule has 3 aromatic heterocycles. The van der Waals surface area contributed by atoms with Crippen molar-refractivity contribution in [3.05, 3.63) is 64.5 Å². The normalized spacial score (nSPS) is 12.0. The first-order valence-corrected chi connectivity index (χ1v) is 7.55. The van der Waals surface area contributed by atoms with Crippen molar-refractivity contribution in [1.82, 2.24) is 19.6 Å². The van der Waals surface area contributed by atoms with Crippen LogP contribution in [0.5, 0.6) is 0 Å². The predicted octanol–water partition coefficient (Wildman–Crippen LogP) is 3.67. The van der Waals surface area contributed by atoms with Crippen molar-refractivity contribution in [2.24, 2.45) is 0 Å². The zero-order chi connectivity index (χ0) is 18.5. The molecule has 3 heterocycles. The van der Waals surface area contributed by atoms with E-state index in [1.54, 1.807) is 18.2 Å². The van der Waals surface area contributed by atoms with E-state index < -0.39 is 17.4 Å². The molecule has 0 aliphatic rings. The SMILES string of the molecule is Cc1nc2c(-c3ccccc3)c(C(F)(F)F)[nH]n2c(=O)c1-c1ncco1. The average molecular weight is 360 g/mol. The summed E-state index contributed by atoms with van der Waals surface area (Å²) >= 11 is 0. The van der Waals surface area contributed by atoms with Crippen LogP contribution in [0.1, 0.15) is 11.4 Å². The van der Waals surface area contributed by atoms with Gasteiger partial charge in [-0.2, -0.15) is 17.7 Å². The number of benzene rings is 1. The third-order valence-electron chi connectivity index (χ3n) is 3.95. The fourth-order valence-corrected chi connectivity index (χ4v) is 2.85. The molecular formula is C17H11F3N4O2. The highest BCUT2D eigenvalue weighted by Gasteiger charge is 2.38. The lowest BCUT2D eigenvalue weighted by Gasteiger charge is -2.07. The second-order valence-electron chi connectivity index (χ2n) is 5.60. The number of oxazole rings is 1. The Morgan fingerprint density at radius 1 is 1.15 bits per heavy atom. The number of fused-ring (bicyclic) bond motifs is 1. The third kappa shape index (κ3) is 2.40. The summed E-state index contributed by atoms with van der Waals surface area (Å²) in [5.74, 6) is -0.00109. The molecule has 0 fully saturated rings. The number of rotatable bonds is 2. The first-order chi connectivity index (χ1) is 12.4. The minimum Gasteiger partial charge on any atom is -0.444 e. The number of aromatic amines is 1. The summed E-state index contributed by atoms with van der Waals surface area (Å²) in [6, 6.07) is 7.98. The van der Waals surface area contributed by atoms with E-state index in [2.05, 4.69) is 15.1 Å². The minimum absolute atomic E-state index is 0.00109. The van der Waals surface area contributed by atoms with Crippen molar-refractivity contribution in [3.63, 3.8) is 0 Å². The van der Waals surface area contributed by atoms with Crippen molar-refractivity contribution >= 4 is 5.65 Å². The number of aromatic nitrogens is 4. The molecule has 26 heavy (non-hydrogen) atoms. The third-order valence-corrected chi connectivity index (χ3v) is 3.95. The lowest BCUT2D eigenvalue weighted by molar-refractivity contribution is -0.140. The largest absolute Gasteiger partial charge is 0.444 e. The number of hydrogen-bond acceptors (Lipinski definition) is 4. The highest BCUT2D eigenvalue weighted by Crippen LogP contribution is 2.38. The molecule has 4 aromatic rings. The topological polar surface area (TPSA) is 76.2 Å². The van der Waals surface area contributed by atoms with Gasteiger partial charge in [-0.3, -0.25) is 9.89 Å². The lowest BCUT2D eigenvalue weighted by Crippen LogP contribution is -2.19. The molecule has 0 spiro atoms.